The van der Waals surface area contributed by atoms with Crippen LogP contribution in [0.2, 0.25) is 5.02 Å². The fourth-order valence-corrected chi connectivity index (χ4v) is 3.74. The number of thioether (sulfide) groups is 1. The molecule has 2 aromatic carbocycles. The molecule has 0 saturated carbocycles. The highest BCUT2D eigenvalue weighted by Crippen LogP contribution is 2.28. The molecule has 0 aliphatic rings. The highest BCUT2D eigenvalue weighted by molar-refractivity contribution is 8.00. The number of carboxylic acid groups (broad SMARTS) is 1. The third-order valence-corrected chi connectivity index (χ3v) is 5.16. The molecular weight excluding hydrogens is 344 g/mol. The van der Waals surface area contributed by atoms with Gasteiger partial charge >= 0.3 is 0 Å². The minimum atomic E-state index is -1.13. The number of rotatable bonds is 5. The SMILES string of the molecule is Cc1ccc(C[C@@H](Sc2nc3ccc(C)cc3[nH]2)C(=O)[O-])c(Cl)c1. The zero-order valence-corrected chi connectivity index (χ0v) is 14.9. The topological polar surface area (TPSA) is 68.8 Å². The monoisotopic (exact) mass is 359 g/mol. The number of aliphatic carboxylic acids is 1. The van der Waals surface area contributed by atoms with Crippen LogP contribution in [-0.4, -0.2) is 21.2 Å². The Morgan fingerprint density at radius 1 is 1.25 bits per heavy atom. The van der Waals surface area contributed by atoms with Gasteiger partial charge < -0.3 is 14.9 Å². The first kappa shape index (κ1) is 16.9. The number of aromatic nitrogens is 2. The summed E-state index contributed by atoms with van der Waals surface area (Å²) in [5.74, 6) is -1.13. The fourth-order valence-electron chi connectivity index (χ4n) is 2.48. The number of hydrogen-bond donors (Lipinski definition) is 1. The first-order chi connectivity index (χ1) is 11.4. The maximum atomic E-state index is 11.5. The lowest BCUT2D eigenvalue weighted by atomic mass is 10.1. The number of imidazole rings is 1. The van der Waals surface area contributed by atoms with Gasteiger partial charge in [-0.1, -0.05) is 41.6 Å². The summed E-state index contributed by atoms with van der Waals surface area (Å²) in [6.45, 7) is 3.94. The van der Waals surface area contributed by atoms with Crippen molar-refractivity contribution in [1.29, 1.82) is 0 Å². The van der Waals surface area contributed by atoms with Gasteiger partial charge in [0, 0.05) is 5.02 Å². The highest BCUT2D eigenvalue weighted by Gasteiger charge is 2.17. The van der Waals surface area contributed by atoms with E-state index >= 15 is 0 Å². The van der Waals surface area contributed by atoms with Crippen LogP contribution in [0, 0.1) is 13.8 Å². The van der Waals surface area contributed by atoms with E-state index in [2.05, 4.69) is 9.97 Å². The zero-order chi connectivity index (χ0) is 17.3. The molecule has 0 radical (unpaired) electrons. The normalized spacial score (nSPS) is 12.5. The average Bonchev–Trinajstić information content (AvgIpc) is 2.90. The molecule has 4 nitrogen and oxygen atoms in total. The quantitative estimate of drug-likeness (QED) is 0.710. The standard InChI is InChI=1S/C18H17ClN2O2S/c1-10-3-5-12(13(19)7-10)9-16(17(22)23)24-18-20-14-6-4-11(2)8-15(14)21-18/h3-8,16H,9H2,1-2H3,(H,20,21)(H,22,23)/p-1/t16-/m1/s1. The molecule has 124 valence electrons. The lowest BCUT2D eigenvalue weighted by Gasteiger charge is -2.17. The van der Waals surface area contributed by atoms with Crippen molar-refractivity contribution in [3.63, 3.8) is 0 Å². The van der Waals surface area contributed by atoms with E-state index in [-0.39, 0.29) is 6.42 Å². The molecule has 1 heterocycles. The van der Waals surface area contributed by atoms with Gasteiger partial charge in [-0.25, -0.2) is 4.98 Å². The van der Waals surface area contributed by atoms with Gasteiger partial charge in [-0.2, -0.15) is 0 Å². The number of fused-ring (bicyclic) bond motifs is 1. The van der Waals surface area contributed by atoms with Crippen LogP contribution >= 0.6 is 23.4 Å². The Bertz CT molecular complexity index is 907. The molecule has 6 heteroatoms. The number of aryl methyl sites for hydroxylation is 2. The predicted octanol–water partition coefficient (Wildman–Crippen LogP) is 3.29. The van der Waals surface area contributed by atoms with Gasteiger partial charge in [0.15, 0.2) is 5.16 Å². The number of benzene rings is 2. The molecule has 1 aromatic heterocycles. The average molecular weight is 360 g/mol. The van der Waals surface area contributed by atoms with Crippen LogP contribution in [-0.2, 0) is 11.2 Å². The van der Waals surface area contributed by atoms with Crippen molar-refractivity contribution in [3.8, 4) is 0 Å². The number of nitrogens with zero attached hydrogens (tertiary/aromatic N) is 1. The first-order valence-corrected chi connectivity index (χ1v) is 8.77. The molecule has 0 unspecified atom stereocenters. The van der Waals surface area contributed by atoms with E-state index in [9.17, 15) is 9.90 Å². The molecular formula is C18H16ClN2O2S-. The molecule has 0 saturated heterocycles. The number of nitrogens with one attached hydrogen (secondary N) is 1. The Morgan fingerprint density at radius 2 is 1.96 bits per heavy atom. The van der Waals surface area contributed by atoms with Gasteiger partial charge in [0.1, 0.15) is 0 Å². The summed E-state index contributed by atoms with van der Waals surface area (Å²) in [6, 6.07) is 11.5. The summed E-state index contributed by atoms with van der Waals surface area (Å²) < 4.78 is 0. The third kappa shape index (κ3) is 3.74. The van der Waals surface area contributed by atoms with E-state index in [0.717, 1.165) is 39.5 Å². The van der Waals surface area contributed by atoms with Crippen LogP contribution < -0.4 is 5.11 Å². The van der Waals surface area contributed by atoms with Gasteiger partial charge in [0.05, 0.1) is 22.3 Å². The predicted molar refractivity (Wildman–Crippen MR) is 95.4 cm³/mol. The zero-order valence-electron chi connectivity index (χ0n) is 13.3. The number of carboxylic acids is 1. The fraction of sp³-hybridized carbons (Fsp3) is 0.222. The van der Waals surface area contributed by atoms with Gasteiger partial charge in [-0.05, 0) is 55.2 Å². The van der Waals surface area contributed by atoms with Crippen LogP contribution in [0.4, 0.5) is 0 Å². The summed E-state index contributed by atoms with van der Waals surface area (Å²) in [5, 5.41) is 11.9. The number of halogens is 1. The van der Waals surface area contributed by atoms with E-state index in [1.54, 1.807) is 0 Å². The van der Waals surface area contributed by atoms with Crippen LogP contribution in [0.5, 0.6) is 0 Å². The number of H-pyrrole nitrogens is 1. The number of carbonyl (C=O) groups is 1. The van der Waals surface area contributed by atoms with Crippen molar-refractivity contribution in [3.05, 3.63) is 58.1 Å². The molecule has 0 spiro atoms. The van der Waals surface area contributed by atoms with Crippen molar-refractivity contribution in [2.45, 2.75) is 30.7 Å². The second-order valence-electron chi connectivity index (χ2n) is 5.79. The third-order valence-electron chi connectivity index (χ3n) is 3.75. The Labute approximate surface area is 149 Å². The van der Waals surface area contributed by atoms with E-state index in [4.69, 9.17) is 11.6 Å². The highest BCUT2D eigenvalue weighted by atomic mass is 35.5. The maximum absolute atomic E-state index is 11.5. The summed E-state index contributed by atoms with van der Waals surface area (Å²) >= 11 is 7.37. The second kappa shape index (κ2) is 6.87. The van der Waals surface area contributed by atoms with Crippen LogP contribution in [0.3, 0.4) is 0 Å². The van der Waals surface area contributed by atoms with Gasteiger partial charge in [-0.3, -0.25) is 0 Å². The van der Waals surface area contributed by atoms with Crippen molar-refractivity contribution in [1.82, 2.24) is 9.97 Å². The Hall–Kier alpha value is -1.98. The minimum Gasteiger partial charge on any atom is -0.549 e. The molecule has 0 bridgehead atoms. The summed E-state index contributed by atoms with van der Waals surface area (Å²) in [5.41, 5.74) is 4.65. The molecule has 3 aromatic rings. The summed E-state index contributed by atoms with van der Waals surface area (Å²) in [4.78, 5) is 19.1. The van der Waals surface area contributed by atoms with Crippen molar-refractivity contribution >= 4 is 40.4 Å². The molecule has 0 fully saturated rings. The van der Waals surface area contributed by atoms with Gasteiger partial charge in [0.2, 0.25) is 0 Å². The molecule has 0 amide bonds. The Kier molecular flexibility index (Phi) is 4.83. The summed E-state index contributed by atoms with van der Waals surface area (Å²) in [7, 11) is 0. The maximum Gasteiger partial charge on any atom is 0.167 e. The largest absolute Gasteiger partial charge is 0.549 e. The lowest BCUT2D eigenvalue weighted by molar-refractivity contribution is -0.304. The number of aromatic amines is 1. The van der Waals surface area contributed by atoms with Crippen molar-refractivity contribution in [2.75, 3.05) is 0 Å². The van der Waals surface area contributed by atoms with E-state index in [0.29, 0.717) is 10.2 Å². The second-order valence-corrected chi connectivity index (χ2v) is 7.39. The Morgan fingerprint density at radius 3 is 2.67 bits per heavy atom. The molecule has 1 atom stereocenters. The molecule has 0 aliphatic carbocycles. The first-order valence-electron chi connectivity index (χ1n) is 7.51. The van der Waals surface area contributed by atoms with E-state index in [1.165, 1.54) is 0 Å². The molecule has 1 N–H and O–H groups in total. The molecule has 24 heavy (non-hydrogen) atoms. The van der Waals surface area contributed by atoms with E-state index < -0.39 is 11.2 Å². The van der Waals surface area contributed by atoms with Crippen LogP contribution in [0.1, 0.15) is 16.7 Å². The molecule has 0 aliphatic heterocycles. The van der Waals surface area contributed by atoms with Gasteiger partial charge in [0.25, 0.3) is 0 Å². The lowest BCUT2D eigenvalue weighted by Crippen LogP contribution is -2.35. The van der Waals surface area contributed by atoms with Crippen LogP contribution in [0.15, 0.2) is 41.6 Å². The van der Waals surface area contributed by atoms with Gasteiger partial charge in [-0.15, -0.1) is 0 Å². The van der Waals surface area contributed by atoms with E-state index in [1.807, 2.05) is 50.2 Å². The van der Waals surface area contributed by atoms with Crippen LogP contribution in [0.25, 0.3) is 11.0 Å². The molecule has 3 rings (SSSR count). The van der Waals surface area contributed by atoms with Crippen molar-refractivity contribution in [2.24, 2.45) is 0 Å². The number of carbonyl (C=O) groups excluding carboxylic acids is 1. The Balaban J connectivity index is 1.83. The number of hydrogen-bond acceptors (Lipinski definition) is 4. The van der Waals surface area contributed by atoms with Crippen molar-refractivity contribution < 1.29 is 9.90 Å². The smallest absolute Gasteiger partial charge is 0.167 e. The minimum absolute atomic E-state index is 0.280. The summed E-state index contributed by atoms with van der Waals surface area (Å²) in [6.07, 6.45) is 0.280.